The molecule has 4 amide bonds. The largest absolute Gasteiger partial charge is 0.481 e. The lowest BCUT2D eigenvalue weighted by molar-refractivity contribution is -0.142. The van der Waals surface area contributed by atoms with Crippen LogP contribution in [0.4, 0.5) is 0 Å². The third-order valence-electron chi connectivity index (χ3n) is 3.99. The molecule has 0 heterocycles. The van der Waals surface area contributed by atoms with E-state index in [4.69, 9.17) is 16.6 Å². The number of nitrogens with one attached hydrogen (secondary N) is 3. The van der Waals surface area contributed by atoms with Crippen LogP contribution in [0.3, 0.4) is 0 Å². The highest BCUT2D eigenvalue weighted by atomic mass is 32.2. The van der Waals surface area contributed by atoms with Gasteiger partial charge in [-0.05, 0) is 31.3 Å². The highest BCUT2D eigenvalue weighted by Crippen LogP contribution is 2.04. The monoisotopic (exact) mass is 463 g/mol. The maximum absolute atomic E-state index is 12.5. The second-order valence-electron chi connectivity index (χ2n) is 6.56. The summed E-state index contributed by atoms with van der Waals surface area (Å²) >= 11 is 1.40. The van der Waals surface area contributed by atoms with Crippen LogP contribution in [0.5, 0.6) is 0 Å². The normalized spacial score (nSPS) is 13.4. The highest BCUT2D eigenvalue weighted by molar-refractivity contribution is 7.98. The molecule has 0 aromatic heterocycles. The number of hydrogen-bond donors (Lipinski definition) is 7. The van der Waals surface area contributed by atoms with Crippen molar-refractivity contribution in [1.82, 2.24) is 16.0 Å². The van der Waals surface area contributed by atoms with Crippen LogP contribution in [-0.2, 0) is 28.8 Å². The summed E-state index contributed by atoms with van der Waals surface area (Å²) in [6.45, 7) is -0.507. The van der Waals surface area contributed by atoms with E-state index in [2.05, 4.69) is 16.0 Å². The average Bonchev–Trinajstić information content (AvgIpc) is 2.69. The summed E-state index contributed by atoms with van der Waals surface area (Å²) in [5.74, 6) is -4.91. The standard InChI is InChI=1S/C17H29N5O8S/c1-31-7-6-10(16(28)22-11(17(29)30)3-4-12(19)23)21-13(24)8-20-15(27)9(18)2-5-14(25)26/h9-11H,2-8,18H2,1H3,(H2,19,23)(H,20,27)(H,21,24)(H,22,28)(H,25,26)(H,29,30). The molecule has 0 aliphatic rings. The Hall–Kier alpha value is -2.87. The molecule has 0 rings (SSSR count). The Bertz CT molecular complexity index is 675. The van der Waals surface area contributed by atoms with Crippen molar-refractivity contribution in [2.75, 3.05) is 18.6 Å². The number of carboxylic acid groups (broad SMARTS) is 2. The Kier molecular flexibility index (Phi) is 13.6. The third-order valence-corrected chi connectivity index (χ3v) is 4.63. The molecular weight excluding hydrogens is 434 g/mol. The molecule has 14 heteroatoms. The summed E-state index contributed by atoms with van der Waals surface area (Å²) < 4.78 is 0. The molecule has 0 saturated heterocycles. The van der Waals surface area contributed by atoms with Gasteiger partial charge in [-0.25, -0.2) is 4.79 Å². The van der Waals surface area contributed by atoms with E-state index in [1.807, 2.05) is 0 Å². The van der Waals surface area contributed by atoms with Gasteiger partial charge in [-0.2, -0.15) is 11.8 Å². The van der Waals surface area contributed by atoms with Crippen molar-refractivity contribution in [3.05, 3.63) is 0 Å². The molecule has 13 nitrogen and oxygen atoms in total. The van der Waals surface area contributed by atoms with Crippen molar-refractivity contribution in [2.45, 2.75) is 50.2 Å². The zero-order valence-electron chi connectivity index (χ0n) is 17.1. The Morgan fingerprint density at radius 1 is 0.903 bits per heavy atom. The fourth-order valence-corrected chi connectivity index (χ4v) is 2.75. The van der Waals surface area contributed by atoms with Crippen LogP contribution in [0.15, 0.2) is 0 Å². The number of carbonyl (C=O) groups excluding carboxylic acids is 4. The minimum absolute atomic E-state index is 0.108. The van der Waals surface area contributed by atoms with E-state index in [0.717, 1.165) is 0 Å². The zero-order chi connectivity index (χ0) is 24.0. The summed E-state index contributed by atoms with van der Waals surface area (Å²) in [7, 11) is 0. The molecule has 0 aromatic carbocycles. The Balaban J connectivity index is 4.83. The fraction of sp³-hybridized carbons (Fsp3) is 0.647. The summed E-state index contributed by atoms with van der Waals surface area (Å²) in [5.41, 5.74) is 10.5. The van der Waals surface area contributed by atoms with Gasteiger partial charge in [-0.1, -0.05) is 0 Å². The van der Waals surface area contributed by atoms with Crippen LogP contribution in [-0.4, -0.2) is 82.5 Å². The lowest BCUT2D eigenvalue weighted by atomic mass is 10.1. The molecule has 31 heavy (non-hydrogen) atoms. The van der Waals surface area contributed by atoms with Crippen molar-refractivity contribution < 1.29 is 39.0 Å². The topological polar surface area (TPSA) is 231 Å². The first-order valence-corrected chi connectivity index (χ1v) is 10.7. The number of aliphatic carboxylic acids is 2. The molecule has 0 spiro atoms. The van der Waals surface area contributed by atoms with E-state index in [1.54, 1.807) is 6.26 Å². The molecule has 9 N–H and O–H groups in total. The first kappa shape index (κ1) is 28.1. The molecule has 0 aromatic rings. The number of nitrogens with two attached hydrogens (primary N) is 2. The van der Waals surface area contributed by atoms with Crippen LogP contribution >= 0.6 is 11.8 Å². The van der Waals surface area contributed by atoms with Crippen molar-refractivity contribution >= 4 is 47.3 Å². The fourth-order valence-electron chi connectivity index (χ4n) is 2.27. The van der Waals surface area contributed by atoms with Crippen molar-refractivity contribution in [1.29, 1.82) is 0 Å². The number of thioether (sulfide) groups is 1. The molecule has 0 aliphatic carbocycles. The maximum Gasteiger partial charge on any atom is 0.326 e. The summed E-state index contributed by atoms with van der Waals surface area (Å²) in [5, 5.41) is 24.7. The minimum Gasteiger partial charge on any atom is -0.481 e. The molecule has 176 valence electrons. The molecule has 0 saturated carbocycles. The van der Waals surface area contributed by atoms with Gasteiger partial charge >= 0.3 is 11.9 Å². The Morgan fingerprint density at radius 3 is 2.06 bits per heavy atom. The van der Waals surface area contributed by atoms with Gasteiger partial charge in [0.2, 0.25) is 23.6 Å². The lowest BCUT2D eigenvalue weighted by Crippen LogP contribution is -2.54. The second-order valence-corrected chi connectivity index (χ2v) is 7.55. The van der Waals surface area contributed by atoms with Gasteiger partial charge in [0.1, 0.15) is 12.1 Å². The smallest absolute Gasteiger partial charge is 0.326 e. The molecule has 0 bridgehead atoms. The molecule has 0 aliphatic heterocycles. The zero-order valence-corrected chi connectivity index (χ0v) is 17.9. The summed E-state index contributed by atoms with van der Waals surface area (Å²) in [4.78, 5) is 69.1. The number of amides is 4. The van der Waals surface area contributed by atoms with Gasteiger partial charge in [-0.15, -0.1) is 0 Å². The first-order chi connectivity index (χ1) is 14.5. The SMILES string of the molecule is CSCCC(NC(=O)CNC(=O)C(N)CCC(=O)O)C(=O)NC(CCC(N)=O)C(=O)O. The number of primary amides is 1. The molecule has 0 fully saturated rings. The molecular formula is C17H29N5O8S. The van der Waals surface area contributed by atoms with E-state index >= 15 is 0 Å². The lowest BCUT2D eigenvalue weighted by Gasteiger charge is -2.21. The van der Waals surface area contributed by atoms with Crippen molar-refractivity contribution in [3.63, 3.8) is 0 Å². The van der Waals surface area contributed by atoms with Crippen molar-refractivity contribution in [2.24, 2.45) is 11.5 Å². The average molecular weight is 464 g/mol. The van der Waals surface area contributed by atoms with Crippen LogP contribution in [0.1, 0.15) is 32.1 Å². The van der Waals surface area contributed by atoms with Gasteiger partial charge in [0.15, 0.2) is 0 Å². The number of carbonyl (C=O) groups is 6. The van der Waals surface area contributed by atoms with Gasteiger partial charge in [0, 0.05) is 12.8 Å². The minimum atomic E-state index is -1.36. The highest BCUT2D eigenvalue weighted by Gasteiger charge is 2.27. The van der Waals surface area contributed by atoms with Crippen LogP contribution in [0.2, 0.25) is 0 Å². The van der Waals surface area contributed by atoms with E-state index < -0.39 is 60.2 Å². The number of carboxylic acids is 2. The third kappa shape index (κ3) is 13.1. The second kappa shape index (κ2) is 15.0. The maximum atomic E-state index is 12.5. The molecule has 3 atom stereocenters. The van der Waals surface area contributed by atoms with E-state index in [1.165, 1.54) is 11.8 Å². The number of hydrogen-bond acceptors (Lipinski definition) is 8. The predicted octanol–water partition coefficient (Wildman–Crippen LogP) is -2.63. The Morgan fingerprint density at radius 2 is 1.55 bits per heavy atom. The van der Waals surface area contributed by atoms with Crippen molar-refractivity contribution in [3.8, 4) is 0 Å². The predicted molar refractivity (Wildman–Crippen MR) is 111 cm³/mol. The molecule has 3 unspecified atom stereocenters. The van der Waals surface area contributed by atoms with Gasteiger partial charge in [0.05, 0.1) is 12.6 Å². The van der Waals surface area contributed by atoms with E-state index in [-0.39, 0.29) is 32.1 Å². The quantitative estimate of drug-likeness (QED) is 0.126. The van der Waals surface area contributed by atoms with Crippen LogP contribution in [0.25, 0.3) is 0 Å². The Labute approximate surface area is 183 Å². The number of rotatable bonds is 16. The van der Waals surface area contributed by atoms with Gasteiger partial charge in [0.25, 0.3) is 0 Å². The van der Waals surface area contributed by atoms with E-state index in [0.29, 0.717) is 5.75 Å². The van der Waals surface area contributed by atoms with Gasteiger partial charge < -0.3 is 37.6 Å². The first-order valence-electron chi connectivity index (χ1n) is 9.32. The van der Waals surface area contributed by atoms with Gasteiger partial charge in [-0.3, -0.25) is 24.0 Å². The van der Waals surface area contributed by atoms with Crippen LogP contribution in [0, 0.1) is 0 Å². The summed E-state index contributed by atoms with van der Waals surface area (Å²) in [6, 6.07) is -3.55. The van der Waals surface area contributed by atoms with E-state index in [9.17, 15) is 33.9 Å². The molecule has 0 radical (unpaired) electrons. The van der Waals surface area contributed by atoms with Crippen LogP contribution < -0.4 is 27.4 Å². The summed E-state index contributed by atoms with van der Waals surface area (Å²) in [6.07, 6.45) is 1.11.